The number of hydrogen-bond donors (Lipinski definition) is 1. The van der Waals surface area contributed by atoms with Crippen LogP contribution in [-0.4, -0.2) is 36.1 Å². The van der Waals surface area contributed by atoms with Crippen molar-refractivity contribution < 1.29 is 0 Å². The Labute approximate surface area is 114 Å². The van der Waals surface area contributed by atoms with Gasteiger partial charge in [-0.15, -0.1) is 24.8 Å². The smallest absolute Gasteiger partial charge is 0.135 e. The van der Waals surface area contributed by atoms with E-state index in [0.717, 1.165) is 39.0 Å². The normalized spacial score (nSPS) is 18.0. The van der Waals surface area contributed by atoms with Gasteiger partial charge in [0.15, 0.2) is 0 Å². The van der Waals surface area contributed by atoms with E-state index < -0.39 is 0 Å². The van der Waals surface area contributed by atoms with Gasteiger partial charge >= 0.3 is 0 Å². The average Bonchev–Trinajstić information content (AvgIpc) is 2.78. The van der Waals surface area contributed by atoms with Gasteiger partial charge in [-0.2, -0.15) is 0 Å². The van der Waals surface area contributed by atoms with E-state index in [-0.39, 0.29) is 24.8 Å². The molecule has 3 rings (SSSR count). The van der Waals surface area contributed by atoms with Crippen molar-refractivity contribution >= 4 is 30.6 Å². The van der Waals surface area contributed by atoms with Gasteiger partial charge in [0.05, 0.1) is 0 Å². The van der Waals surface area contributed by atoms with Gasteiger partial charge in [-0.25, -0.2) is 9.97 Å². The van der Waals surface area contributed by atoms with Crippen LogP contribution in [0.4, 0.5) is 5.82 Å². The van der Waals surface area contributed by atoms with Crippen LogP contribution in [0.5, 0.6) is 0 Å². The monoisotopic (exact) mass is 276 g/mol. The fourth-order valence-electron chi connectivity index (χ4n) is 2.49. The molecule has 0 aromatic carbocycles. The summed E-state index contributed by atoms with van der Waals surface area (Å²) in [5.74, 6) is 1.19. The zero-order chi connectivity index (χ0) is 10.1. The van der Waals surface area contributed by atoms with E-state index in [4.69, 9.17) is 0 Å². The number of halogens is 2. The molecule has 0 amide bonds. The number of piperazine rings is 1. The van der Waals surface area contributed by atoms with Crippen LogP contribution in [0.3, 0.4) is 0 Å². The molecule has 0 bridgehead atoms. The lowest BCUT2D eigenvalue weighted by atomic mass is 10.2. The molecule has 1 saturated heterocycles. The van der Waals surface area contributed by atoms with Gasteiger partial charge in [0.25, 0.3) is 0 Å². The van der Waals surface area contributed by atoms with Gasteiger partial charge in [-0.05, 0) is 19.3 Å². The minimum Gasteiger partial charge on any atom is -0.354 e. The Hall–Kier alpha value is -0.580. The topological polar surface area (TPSA) is 41.1 Å². The first-order chi connectivity index (χ1) is 7.45. The van der Waals surface area contributed by atoms with Crippen molar-refractivity contribution in [2.45, 2.75) is 19.3 Å². The summed E-state index contributed by atoms with van der Waals surface area (Å²) in [5, 5.41) is 3.37. The van der Waals surface area contributed by atoms with E-state index in [1.54, 1.807) is 6.33 Å². The predicted octanol–water partition coefficient (Wildman–Crippen LogP) is 1.22. The lowest BCUT2D eigenvalue weighted by molar-refractivity contribution is 0.583. The molecule has 1 aliphatic carbocycles. The van der Waals surface area contributed by atoms with Crippen molar-refractivity contribution in [2.75, 3.05) is 31.1 Å². The molecule has 2 heterocycles. The molecule has 0 radical (unpaired) electrons. The molecular weight excluding hydrogens is 259 g/mol. The maximum Gasteiger partial charge on any atom is 0.135 e. The van der Waals surface area contributed by atoms with E-state index in [0.29, 0.717) is 0 Å². The minimum atomic E-state index is 0. The van der Waals surface area contributed by atoms with Gasteiger partial charge in [0.2, 0.25) is 0 Å². The minimum absolute atomic E-state index is 0. The zero-order valence-electron chi connectivity index (χ0n) is 9.69. The van der Waals surface area contributed by atoms with Crippen molar-refractivity contribution in [3.8, 4) is 0 Å². The second kappa shape index (κ2) is 6.38. The maximum absolute atomic E-state index is 4.46. The lowest BCUT2D eigenvalue weighted by Gasteiger charge is -2.29. The fourth-order valence-corrected chi connectivity index (χ4v) is 2.49. The Morgan fingerprint density at radius 3 is 2.59 bits per heavy atom. The molecule has 2 aliphatic rings. The first-order valence-electron chi connectivity index (χ1n) is 5.73. The fraction of sp³-hybridized carbons (Fsp3) is 0.636. The number of anilines is 1. The predicted molar refractivity (Wildman–Crippen MR) is 73.6 cm³/mol. The quantitative estimate of drug-likeness (QED) is 0.838. The number of rotatable bonds is 1. The number of nitrogens with one attached hydrogen (secondary N) is 1. The SMILES string of the molecule is Cl.Cl.c1nc2c(c(N3CCNCC3)n1)CCC2. The number of hydrogen-bond acceptors (Lipinski definition) is 4. The largest absolute Gasteiger partial charge is 0.354 e. The third-order valence-electron chi connectivity index (χ3n) is 3.27. The summed E-state index contributed by atoms with van der Waals surface area (Å²) in [6, 6.07) is 0. The molecule has 0 atom stereocenters. The van der Waals surface area contributed by atoms with Gasteiger partial charge in [0.1, 0.15) is 12.1 Å². The molecule has 96 valence electrons. The van der Waals surface area contributed by atoms with Crippen LogP contribution in [0.2, 0.25) is 0 Å². The van der Waals surface area contributed by atoms with E-state index in [1.165, 1.54) is 23.5 Å². The molecule has 0 saturated carbocycles. The van der Waals surface area contributed by atoms with E-state index in [1.807, 2.05) is 0 Å². The Bertz CT molecular complexity index is 366. The van der Waals surface area contributed by atoms with Crippen molar-refractivity contribution in [1.29, 1.82) is 0 Å². The van der Waals surface area contributed by atoms with Crippen LogP contribution >= 0.6 is 24.8 Å². The van der Waals surface area contributed by atoms with E-state index >= 15 is 0 Å². The molecule has 1 aromatic rings. The highest BCUT2D eigenvalue weighted by Gasteiger charge is 2.21. The highest BCUT2D eigenvalue weighted by Crippen LogP contribution is 2.27. The average molecular weight is 277 g/mol. The highest BCUT2D eigenvalue weighted by atomic mass is 35.5. The van der Waals surface area contributed by atoms with E-state index in [2.05, 4.69) is 20.2 Å². The summed E-state index contributed by atoms with van der Waals surface area (Å²) in [7, 11) is 0. The number of aromatic nitrogens is 2. The summed E-state index contributed by atoms with van der Waals surface area (Å²) >= 11 is 0. The third kappa shape index (κ3) is 2.81. The Kier molecular flexibility index (Phi) is 5.43. The van der Waals surface area contributed by atoms with Gasteiger partial charge in [-0.1, -0.05) is 0 Å². The van der Waals surface area contributed by atoms with Gasteiger partial charge < -0.3 is 10.2 Å². The molecule has 1 aromatic heterocycles. The van der Waals surface area contributed by atoms with Crippen molar-refractivity contribution in [3.05, 3.63) is 17.6 Å². The molecule has 1 fully saturated rings. The van der Waals surface area contributed by atoms with Crippen LogP contribution in [0.1, 0.15) is 17.7 Å². The van der Waals surface area contributed by atoms with Crippen LogP contribution in [0, 0.1) is 0 Å². The van der Waals surface area contributed by atoms with Crippen LogP contribution in [-0.2, 0) is 12.8 Å². The van der Waals surface area contributed by atoms with Gasteiger partial charge in [-0.3, -0.25) is 0 Å². The first-order valence-corrected chi connectivity index (χ1v) is 5.73. The summed E-state index contributed by atoms with van der Waals surface area (Å²) in [6.45, 7) is 4.28. The number of fused-ring (bicyclic) bond motifs is 1. The molecule has 1 N–H and O–H groups in total. The molecule has 4 nitrogen and oxygen atoms in total. The van der Waals surface area contributed by atoms with Crippen LogP contribution in [0.15, 0.2) is 6.33 Å². The number of nitrogens with zero attached hydrogens (tertiary/aromatic N) is 3. The maximum atomic E-state index is 4.46. The second-order valence-electron chi connectivity index (χ2n) is 4.21. The third-order valence-corrected chi connectivity index (χ3v) is 3.27. The summed E-state index contributed by atoms with van der Waals surface area (Å²) < 4.78 is 0. The zero-order valence-corrected chi connectivity index (χ0v) is 11.3. The first kappa shape index (κ1) is 14.5. The van der Waals surface area contributed by atoms with Crippen molar-refractivity contribution in [3.63, 3.8) is 0 Å². The second-order valence-corrected chi connectivity index (χ2v) is 4.21. The summed E-state index contributed by atoms with van der Waals surface area (Å²) in [5.41, 5.74) is 2.68. The molecule has 1 aliphatic heterocycles. The molecule has 17 heavy (non-hydrogen) atoms. The van der Waals surface area contributed by atoms with Crippen molar-refractivity contribution in [1.82, 2.24) is 15.3 Å². The Balaban J connectivity index is 0.000000722. The molecule has 6 heteroatoms. The Morgan fingerprint density at radius 2 is 1.82 bits per heavy atom. The van der Waals surface area contributed by atoms with Crippen molar-refractivity contribution in [2.24, 2.45) is 0 Å². The summed E-state index contributed by atoms with van der Waals surface area (Å²) in [6.07, 6.45) is 5.26. The molecule has 0 unspecified atom stereocenters. The van der Waals surface area contributed by atoms with E-state index in [9.17, 15) is 0 Å². The Morgan fingerprint density at radius 1 is 1.06 bits per heavy atom. The number of aryl methyl sites for hydroxylation is 1. The standard InChI is InChI=1S/C11H16N4.2ClH/c1-2-9-10(3-1)13-8-14-11(9)15-6-4-12-5-7-15;;/h8,12H,1-7H2;2*1H. The lowest BCUT2D eigenvalue weighted by Crippen LogP contribution is -2.44. The van der Waals surface area contributed by atoms with Crippen LogP contribution < -0.4 is 10.2 Å². The van der Waals surface area contributed by atoms with Gasteiger partial charge in [0, 0.05) is 37.4 Å². The summed E-state index contributed by atoms with van der Waals surface area (Å²) in [4.78, 5) is 11.2. The molecular formula is C11H18Cl2N4. The van der Waals surface area contributed by atoms with Crippen LogP contribution in [0.25, 0.3) is 0 Å². The molecule has 0 spiro atoms. The highest BCUT2D eigenvalue weighted by molar-refractivity contribution is 5.85.